The van der Waals surface area contributed by atoms with E-state index in [1.165, 1.54) is 36.2 Å². The van der Waals surface area contributed by atoms with Gasteiger partial charge < -0.3 is 19.4 Å². The highest BCUT2D eigenvalue weighted by atomic mass is 35.5. The van der Waals surface area contributed by atoms with Crippen molar-refractivity contribution in [2.24, 2.45) is 0 Å². The Balaban J connectivity index is 1.51. The monoisotopic (exact) mass is 492 g/mol. The second-order valence-corrected chi connectivity index (χ2v) is 7.85. The van der Waals surface area contributed by atoms with Crippen molar-refractivity contribution in [3.63, 3.8) is 0 Å². The molecule has 7 nitrogen and oxygen atoms in total. The van der Waals surface area contributed by atoms with E-state index < -0.39 is 23.1 Å². The first-order chi connectivity index (χ1) is 15.7. The molecule has 0 aliphatic carbocycles. The van der Waals surface area contributed by atoms with Gasteiger partial charge in [-0.2, -0.15) is 0 Å². The molecule has 10 heteroatoms. The van der Waals surface area contributed by atoms with E-state index in [-0.39, 0.29) is 47.1 Å². The fourth-order valence-corrected chi connectivity index (χ4v) is 3.11. The van der Waals surface area contributed by atoms with Crippen molar-refractivity contribution in [2.75, 3.05) is 20.2 Å². The molecule has 0 bridgehead atoms. The number of carbonyl (C=O) groups is 2. The van der Waals surface area contributed by atoms with Gasteiger partial charge in [-0.3, -0.25) is 14.4 Å². The Labute approximate surface area is 198 Å². The quantitative estimate of drug-likeness (QED) is 0.502. The highest BCUT2D eigenvalue weighted by Gasteiger charge is 2.19. The molecule has 33 heavy (non-hydrogen) atoms. The van der Waals surface area contributed by atoms with Crippen molar-refractivity contribution in [1.82, 2.24) is 10.2 Å². The van der Waals surface area contributed by atoms with Gasteiger partial charge in [0, 0.05) is 42.9 Å². The van der Waals surface area contributed by atoms with Gasteiger partial charge in [-0.1, -0.05) is 29.8 Å². The van der Waals surface area contributed by atoms with Crippen molar-refractivity contribution in [2.45, 2.75) is 6.42 Å². The maximum Gasteiger partial charge on any atom is 0.293 e. The number of hydrogen-bond donors (Lipinski definition) is 1. The number of rotatable bonds is 8. The Morgan fingerprint density at radius 2 is 1.94 bits per heavy atom. The molecule has 172 valence electrons. The van der Waals surface area contributed by atoms with Crippen LogP contribution in [0.15, 0.2) is 64.0 Å². The lowest BCUT2D eigenvalue weighted by Gasteiger charge is -2.19. The molecule has 0 fully saturated rings. The van der Waals surface area contributed by atoms with E-state index in [4.69, 9.17) is 32.4 Å². The van der Waals surface area contributed by atoms with Gasteiger partial charge in [0.05, 0.1) is 10.4 Å². The molecule has 0 aliphatic heterocycles. The first-order valence-electron chi connectivity index (χ1n) is 9.69. The Hall–Kier alpha value is -3.36. The van der Waals surface area contributed by atoms with Crippen LogP contribution in [0, 0.1) is 5.82 Å². The number of carbonyl (C=O) groups excluding carboxylic acids is 2. The van der Waals surface area contributed by atoms with Crippen molar-refractivity contribution in [1.29, 1.82) is 0 Å². The summed E-state index contributed by atoms with van der Waals surface area (Å²) in [6.45, 7) is 3.69. The molecule has 0 saturated carbocycles. The number of halogens is 3. The summed E-state index contributed by atoms with van der Waals surface area (Å²) >= 11 is 11.5. The zero-order valence-electron chi connectivity index (χ0n) is 17.5. The first-order valence-corrected chi connectivity index (χ1v) is 10.4. The van der Waals surface area contributed by atoms with Crippen LogP contribution in [0.3, 0.4) is 0 Å². The van der Waals surface area contributed by atoms with E-state index in [1.807, 2.05) is 0 Å². The van der Waals surface area contributed by atoms with Crippen LogP contribution in [0.25, 0.3) is 11.0 Å². The van der Waals surface area contributed by atoms with Crippen molar-refractivity contribution < 1.29 is 23.1 Å². The minimum absolute atomic E-state index is 0.0451. The molecule has 2 amide bonds. The lowest BCUT2D eigenvalue weighted by molar-refractivity contribution is -0.123. The lowest BCUT2D eigenvalue weighted by Crippen LogP contribution is -2.32. The minimum Gasteiger partial charge on any atom is -0.484 e. The second kappa shape index (κ2) is 10.5. The molecule has 1 aromatic heterocycles. The maximum absolute atomic E-state index is 13.4. The number of ether oxygens (including phenoxy) is 1. The summed E-state index contributed by atoms with van der Waals surface area (Å²) in [4.78, 5) is 38.2. The molecule has 0 radical (unpaired) electrons. The summed E-state index contributed by atoms with van der Waals surface area (Å²) in [7, 11) is 1.48. The van der Waals surface area contributed by atoms with Gasteiger partial charge in [-0.15, -0.1) is 0 Å². The van der Waals surface area contributed by atoms with E-state index in [2.05, 4.69) is 11.9 Å². The molecule has 0 atom stereocenters. The van der Waals surface area contributed by atoms with Gasteiger partial charge in [-0.05, 0) is 30.3 Å². The van der Waals surface area contributed by atoms with Gasteiger partial charge in [0.1, 0.15) is 17.1 Å². The van der Waals surface area contributed by atoms with Crippen molar-refractivity contribution in [3.05, 3.63) is 86.6 Å². The van der Waals surface area contributed by atoms with E-state index >= 15 is 0 Å². The normalized spacial score (nSPS) is 10.7. The third kappa shape index (κ3) is 6.12. The third-order valence-corrected chi connectivity index (χ3v) is 5.22. The van der Waals surface area contributed by atoms with Crippen LogP contribution in [0.1, 0.15) is 17.0 Å². The largest absolute Gasteiger partial charge is 0.484 e. The summed E-state index contributed by atoms with van der Waals surface area (Å²) in [5.74, 6) is -1.63. The number of benzene rings is 2. The van der Waals surface area contributed by atoms with Crippen LogP contribution in [0.4, 0.5) is 4.39 Å². The van der Waals surface area contributed by atoms with Crippen molar-refractivity contribution >= 4 is 46.0 Å². The van der Waals surface area contributed by atoms with Crippen LogP contribution in [-0.4, -0.2) is 36.9 Å². The predicted octanol–water partition coefficient (Wildman–Crippen LogP) is 4.41. The van der Waals surface area contributed by atoms with Crippen molar-refractivity contribution in [3.8, 4) is 5.75 Å². The number of fused-ring (bicyclic) bond motifs is 1. The Morgan fingerprint density at radius 3 is 2.67 bits per heavy atom. The molecule has 0 saturated heterocycles. The standard InChI is InChI=1S/C23H19Cl2FN2O5/c1-13(7-8-27-22(30)12-32-15-4-5-17(25)18(26)10-15)28(2)23(31)21-11-19(29)16-9-14(24)3-6-20(16)33-21/h3-6,9-11H,1,7-8,12H2,2H3,(H,27,30). The molecule has 1 heterocycles. The number of amides is 2. The van der Waals surface area contributed by atoms with Crippen LogP contribution in [0.2, 0.25) is 10.0 Å². The van der Waals surface area contributed by atoms with Crippen LogP contribution in [0.5, 0.6) is 5.75 Å². The summed E-state index contributed by atoms with van der Waals surface area (Å²) in [6.07, 6.45) is 0.247. The molecular weight excluding hydrogens is 474 g/mol. The molecule has 3 aromatic rings. The summed E-state index contributed by atoms with van der Waals surface area (Å²) in [5.41, 5.74) is 0.232. The summed E-state index contributed by atoms with van der Waals surface area (Å²) in [5, 5.41) is 3.22. The molecule has 1 N–H and O–H groups in total. The molecular formula is C23H19Cl2FN2O5. The van der Waals surface area contributed by atoms with Crippen LogP contribution < -0.4 is 15.5 Å². The van der Waals surface area contributed by atoms with Crippen LogP contribution in [-0.2, 0) is 4.79 Å². The van der Waals surface area contributed by atoms with Gasteiger partial charge in [0.2, 0.25) is 0 Å². The molecule has 2 aromatic carbocycles. The SMILES string of the molecule is C=C(CCNC(=O)COc1ccc(Cl)c(F)c1)N(C)C(=O)c1cc(=O)c2cc(Cl)ccc2o1. The average Bonchev–Trinajstić information content (AvgIpc) is 2.79. The lowest BCUT2D eigenvalue weighted by atomic mass is 10.2. The van der Waals surface area contributed by atoms with E-state index in [0.29, 0.717) is 10.7 Å². The van der Waals surface area contributed by atoms with Crippen LogP contribution >= 0.6 is 23.2 Å². The van der Waals surface area contributed by atoms with Gasteiger partial charge >= 0.3 is 0 Å². The fourth-order valence-electron chi connectivity index (χ4n) is 2.82. The fraction of sp³-hybridized carbons (Fsp3) is 0.174. The third-order valence-electron chi connectivity index (χ3n) is 4.68. The maximum atomic E-state index is 13.4. The topological polar surface area (TPSA) is 88.9 Å². The minimum atomic E-state index is -0.648. The van der Waals surface area contributed by atoms with E-state index in [0.717, 1.165) is 12.1 Å². The Morgan fingerprint density at radius 1 is 1.18 bits per heavy atom. The predicted molar refractivity (Wildman–Crippen MR) is 123 cm³/mol. The summed E-state index contributed by atoms with van der Waals surface area (Å²) < 4.78 is 24.2. The first kappa shape index (κ1) is 24.3. The van der Waals surface area contributed by atoms with E-state index in [1.54, 1.807) is 6.07 Å². The highest BCUT2D eigenvalue weighted by molar-refractivity contribution is 6.31. The summed E-state index contributed by atoms with van der Waals surface area (Å²) in [6, 6.07) is 9.49. The second-order valence-electron chi connectivity index (χ2n) is 7.01. The Kier molecular flexibility index (Phi) is 7.73. The Bertz CT molecular complexity index is 1290. The molecule has 0 spiro atoms. The molecule has 0 aliphatic rings. The number of hydrogen-bond acceptors (Lipinski definition) is 5. The van der Waals surface area contributed by atoms with Gasteiger partial charge in [0.25, 0.3) is 11.8 Å². The molecule has 3 rings (SSSR count). The number of nitrogens with zero attached hydrogens (tertiary/aromatic N) is 1. The zero-order valence-corrected chi connectivity index (χ0v) is 19.0. The average molecular weight is 493 g/mol. The highest BCUT2D eigenvalue weighted by Crippen LogP contribution is 2.21. The van der Waals surface area contributed by atoms with Gasteiger partial charge in [-0.25, -0.2) is 4.39 Å². The zero-order chi connectivity index (χ0) is 24.1. The van der Waals surface area contributed by atoms with Gasteiger partial charge in [0.15, 0.2) is 17.8 Å². The van der Waals surface area contributed by atoms with E-state index in [9.17, 15) is 18.8 Å². The smallest absolute Gasteiger partial charge is 0.293 e. The number of nitrogens with one attached hydrogen (secondary N) is 1. The molecule has 0 unspecified atom stereocenters.